The zero-order chi connectivity index (χ0) is 29.1. The molecule has 0 saturated heterocycles. The number of halogens is 2. The number of methoxy groups -OCH3 is 1. The van der Waals surface area contributed by atoms with E-state index >= 15 is 0 Å². The van der Waals surface area contributed by atoms with E-state index in [0.717, 1.165) is 22.3 Å². The first-order valence-electron chi connectivity index (χ1n) is 12.7. The monoisotopic (exact) mass is 668 g/mol. The van der Waals surface area contributed by atoms with Gasteiger partial charge in [0.2, 0.25) is 0 Å². The van der Waals surface area contributed by atoms with Gasteiger partial charge in [-0.3, -0.25) is 4.79 Å². The van der Waals surface area contributed by atoms with Crippen molar-refractivity contribution in [3.8, 4) is 28.7 Å². The first-order chi connectivity index (χ1) is 19.0. The van der Waals surface area contributed by atoms with E-state index in [1.807, 2.05) is 37.3 Å². The van der Waals surface area contributed by atoms with Crippen molar-refractivity contribution in [2.75, 3.05) is 7.11 Å². The highest BCUT2D eigenvalue weighted by Gasteiger charge is 2.27. The zero-order valence-electron chi connectivity index (χ0n) is 22.5. The van der Waals surface area contributed by atoms with Crippen LogP contribution in [-0.4, -0.2) is 28.4 Å². The maximum Gasteiger partial charge on any atom is 0.307 e. The Balaban J connectivity index is 1.99. The lowest BCUT2D eigenvalue weighted by molar-refractivity contribution is -0.136. The molecule has 0 amide bonds. The molecule has 4 aromatic carbocycles. The lowest BCUT2D eigenvalue weighted by atomic mass is 9.82. The Morgan fingerprint density at radius 2 is 1.55 bits per heavy atom. The molecule has 4 aromatic rings. The van der Waals surface area contributed by atoms with E-state index in [4.69, 9.17) is 9.47 Å². The summed E-state index contributed by atoms with van der Waals surface area (Å²) in [6, 6.07) is 19.9. The van der Waals surface area contributed by atoms with Gasteiger partial charge in [-0.2, -0.15) is 0 Å². The third-order valence-electron chi connectivity index (χ3n) is 6.62. The molecular formula is C32H30Br2O6. The van der Waals surface area contributed by atoms with Crippen molar-refractivity contribution >= 4 is 37.8 Å². The van der Waals surface area contributed by atoms with Crippen LogP contribution in [-0.2, 0) is 11.2 Å². The fraction of sp³-hybridized carbons (Fsp3) is 0.219. The van der Waals surface area contributed by atoms with Crippen molar-refractivity contribution in [3.63, 3.8) is 0 Å². The number of benzene rings is 4. The molecule has 0 spiro atoms. The van der Waals surface area contributed by atoms with Crippen LogP contribution in [0.1, 0.15) is 59.1 Å². The zero-order valence-corrected chi connectivity index (χ0v) is 25.7. The Kier molecular flexibility index (Phi) is 9.11. The van der Waals surface area contributed by atoms with Crippen molar-refractivity contribution in [2.24, 2.45) is 0 Å². The van der Waals surface area contributed by atoms with Crippen molar-refractivity contribution in [1.82, 2.24) is 0 Å². The van der Waals surface area contributed by atoms with Crippen molar-refractivity contribution in [1.29, 1.82) is 0 Å². The first-order valence-corrected chi connectivity index (χ1v) is 14.2. The molecule has 0 aliphatic rings. The number of carbonyl (C=O) groups is 1. The Bertz CT molecular complexity index is 1540. The van der Waals surface area contributed by atoms with Gasteiger partial charge in [0.25, 0.3) is 0 Å². The lowest BCUT2D eigenvalue weighted by Gasteiger charge is -2.26. The van der Waals surface area contributed by atoms with E-state index in [-0.39, 0.29) is 23.8 Å². The second-order valence-electron chi connectivity index (χ2n) is 9.94. The molecule has 0 bridgehead atoms. The Morgan fingerprint density at radius 1 is 0.875 bits per heavy atom. The van der Waals surface area contributed by atoms with E-state index in [1.54, 1.807) is 31.4 Å². The average molecular weight is 670 g/mol. The Hall–Kier alpha value is -3.49. The minimum Gasteiger partial charge on any atom is -0.508 e. The van der Waals surface area contributed by atoms with Gasteiger partial charge in [0.1, 0.15) is 23.0 Å². The second-order valence-corrected chi connectivity index (χ2v) is 11.6. The lowest BCUT2D eigenvalue weighted by Crippen LogP contribution is -2.08. The summed E-state index contributed by atoms with van der Waals surface area (Å²) in [5.74, 6) is 0.325. The summed E-state index contributed by atoms with van der Waals surface area (Å²) in [5, 5.41) is 30.3. The molecule has 1 atom stereocenters. The highest BCUT2D eigenvalue weighted by molar-refractivity contribution is 9.11. The molecule has 0 aromatic heterocycles. The van der Waals surface area contributed by atoms with Gasteiger partial charge in [-0.05, 0) is 86.2 Å². The van der Waals surface area contributed by atoms with Crippen molar-refractivity contribution in [2.45, 2.75) is 39.0 Å². The Labute approximate surface area is 250 Å². The van der Waals surface area contributed by atoms with Gasteiger partial charge in [-0.25, -0.2) is 0 Å². The van der Waals surface area contributed by atoms with Crippen LogP contribution in [0, 0.1) is 6.92 Å². The predicted octanol–water partition coefficient (Wildman–Crippen LogP) is 8.66. The summed E-state index contributed by atoms with van der Waals surface area (Å²) in [6.45, 7) is 6.14. The van der Waals surface area contributed by atoms with Gasteiger partial charge in [0.05, 0.1) is 22.5 Å². The SMILES string of the molecule is COc1cc(C(c2cccc(C)c2)c2ccc(O)cc2O)c(Oc2c(Br)cc(CC(=O)O)cc2Br)cc1C(C)C. The summed E-state index contributed by atoms with van der Waals surface area (Å²) in [4.78, 5) is 11.3. The Morgan fingerprint density at radius 3 is 2.12 bits per heavy atom. The molecule has 6 nitrogen and oxygen atoms in total. The van der Waals surface area contributed by atoms with E-state index < -0.39 is 11.9 Å². The van der Waals surface area contributed by atoms with Gasteiger partial charge in [0, 0.05) is 28.7 Å². The van der Waals surface area contributed by atoms with Crippen LogP contribution in [0.3, 0.4) is 0 Å². The third kappa shape index (κ3) is 6.45. The average Bonchev–Trinajstić information content (AvgIpc) is 2.87. The summed E-state index contributed by atoms with van der Waals surface area (Å²) in [5.41, 5.74) is 4.84. The molecule has 1 unspecified atom stereocenters. The number of ether oxygens (including phenoxy) is 2. The van der Waals surface area contributed by atoms with E-state index in [0.29, 0.717) is 37.3 Å². The topological polar surface area (TPSA) is 96.2 Å². The maximum absolute atomic E-state index is 11.3. The van der Waals surface area contributed by atoms with Crippen LogP contribution in [0.25, 0.3) is 0 Å². The predicted molar refractivity (Wildman–Crippen MR) is 162 cm³/mol. The number of carboxylic acids is 1. The number of phenolic OH excluding ortho intramolecular Hbond substituents is 2. The van der Waals surface area contributed by atoms with E-state index in [2.05, 4.69) is 51.8 Å². The molecule has 0 radical (unpaired) electrons. The molecule has 0 saturated carbocycles. The van der Waals surface area contributed by atoms with Gasteiger partial charge in [0.15, 0.2) is 5.75 Å². The van der Waals surface area contributed by atoms with Gasteiger partial charge in [-0.1, -0.05) is 49.7 Å². The number of aryl methyl sites for hydroxylation is 1. The van der Waals surface area contributed by atoms with Crippen LogP contribution in [0.4, 0.5) is 0 Å². The molecule has 40 heavy (non-hydrogen) atoms. The number of hydrogen-bond donors (Lipinski definition) is 3. The van der Waals surface area contributed by atoms with Crippen LogP contribution in [0.5, 0.6) is 28.7 Å². The van der Waals surface area contributed by atoms with Crippen molar-refractivity contribution < 1.29 is 29.6 Å². The van der Waals surface area contributed by atoms with Gasteiger partial charge < -0.3 is 24.8 Å². The maximum atomic E-state index is 11.3. The van der Waals surface area contributed by atoms with Crippen LogP contribution < -0.4 is 9.47 Å². The standard InChI is InChI=1S/C32H30Br2O6/c1-17(2)23-15-29(40-32-25(33)11-19(12-26(32)34)13-30(37)38)24(16-28(23)39-4)31(20-7-5-6-18(3)10-20)22-9-8-21(35)14-27(22)36/h5-12,14-17,31,35-36H,13H2,1-4H3,(H,37,38). The molecule has 4 rings (SSSR count). The van der Waals surface area contributed by atoms with Crippen molar-refractivity contribution in [3.05, 3.63) is 109 Å². The number of carboxylic acid groups (broad SMARTS) is 1. The molecule has 0 fully saturated rings. The van der Waals surface area contributed by atoms with Crippen LogP contribution >= 0.6 is 31.9 Å². The summed E-state index contributed by atoms with van der Waals surface area (Å²) in [7, 11) is 1.62. The van der Waals surface area contributed by atoms with Gasteiger partial charge >= 0.3 is 5.97 Å². The number of hydrogen-bond acceptors (Lipinski definition) is 5. The largest absolute Gasteiger partial charge is 0.508 e. The fourth-order valence-electron chi connectivity index (χ4n) is 4.78. The molecular weight excluding hydrogens is 640 g/mol. The molecule has 8 heteroatoms. The highest BCUT2D eigenvalue weighted by Crippen LogP contribution is 2.48. The molecule has 0 aliphatic heterocycles. The number of aromatic hydroxyl groups is 2. The molecule has 208 valence electrons. The summed E-state index contributed by atoms with van der Waals surface area (Å²) < 4.78 is 13.6. The number of phenols is 2. The van der Waals surface area contributed by atoms with E-state index in [1.165, 1.54) is 6.07 Å². The van der Waals surface area contributed by atoms with Gasteiger partial charge in [-0.15, -0.1) is 0 Å². The fourth-order valence-corrected chi connectivity index (χ4v) is 6.23. The number of rotatable bonds is 9. The third-order valence-corrected chi connectivity index (χ3v) is 7.80. The second kappa shape index (κ2) is 12.4. The summed E-state index contributed by atoms with van der Waals surface area (Å²) in [6.07, 6.45) is -0.127. The molecule has 0 heterocycles. The van der Waals surface area contributed by atoms with Crippen LogP contribution in [0.15, 0.2) is 75.7 Å². The summed E-state index contributed by atoms with van der Waals surface area (Å²) >= 11 is 7.12. The molecule has 0 aliphatic carbocycles. The van der Waals surface area contributed by atoms with E-state index in [9.17, 15) is 20.1 Å². The minimum atomic E-state index is -0.929. The molecule has 3 N–H and O–H groups in total. The smallest absolute Gasteiger partial charge is 0.307 e. The minimum absolute atomic E-state index is 0.0391. The quantitative estimate of drug-likeness (QED) is 0.154. The highest BCUT2D eigenvalue weighted by atomic mass is 79.9. The normalized spacial score (nSPS) is 11.9. The van der Waals surface area contributed by atoms with Crippen LogP contribution in [0.2, 0.25) is 0 Å². The number of aliphatic carboxylic acids is 1. The first kappa shape index (κ1) is 29.5.